The van der Waals surface area contributed by atoms with Crippen LogP contribution in [0.25, 0.3) is 0 Å². The number of ether oxygens (including phenoxy) is 1. The molecule has 1 saturated heterocycles. The number of carbonyl (C=O) groups is 1. The van der Waals surface area contributed by atoms with Crippen molar-refractivity contribution in [1.29, 1.82) is 0 Å². The predicted molar refractivity (Wildman–Crippen MR) is 70.0 cm³/mol. The van der Waals surface area contributed by atoms with Gasteiger partial charge in [0.05, 0.1) is 7.11 Å². The average molecular weight is 305 g/mol. The standard InChI is InChI=1S/C11H15NO5S2/c1-17-9-5-7-18-11(9)19(15,16)12-6-3-2-4-8(12)10(13)14/h5,7-8H,2-4,6H2,1H3,(H,13,14). The number of sulfonamides is 1. The predicted octanol–water partition coefficient (Wildman–Crippen LogP) is 1.38. The summed E-state index contributed by atoms with van der Waals surface area (Å²) < 4.78 is 31.2. The molecule has 19 heavy (non-hydrogen) atoms. The van der Waals surface area contributed by atoms with Crippen molar-refractivity contribution >= 4 is 27.3 Å². The molecule has 8 heteroatoms. The Bertz CT molecular complexity index is 565. The van der Waals surface area contributed by atoms with E-state index in [1.54, 1.807) is 11.4 Å². The number of carboxylic acid groups (broad SMARTS) is 1. The van der Waals surface area contributed by atoms with Gasteiger partial charge in [0.25, 0.3) is 10.0 Å². The second-order valence-corrected chi connectivity index (χ2v) is 7.24. The first-order chi connectivity index (χ1) is 8.98. The third-order valence-corrected chi connectivity index (χ3v) is 6.43. The summed E-state index contributed by atoms with van der Waals surface area (Å²) in [7, 11) is -2.41. The van der Waals surface area contributed by atoms with Gasteiger partial charge in [-0.2, -0.15) is 4.31 Å². The summed E-state index contributed by atoms with van der Waals surface area (Å²) in [6, 6.07) is 0.586. The molecule has 0 saturated carbocycles. The lowest BCUT2D eigenvalue weighted by atomic mass is 10.1. The summed E-state index contributed by atoms with van der Waals surface area (Å²) in [5.74, 6) is -0.835. The highest BCUT2D eigenvalue weighted by molar-refractivity contribution is 7.91. The first-order valence-corrected chi connectivity index (χ1v) is 8.16. The van der Waals surface area contributed by atoms with Crippen LogP contribution in [0.5, 0.6) is 5.75 Å². The fraction of sp³-hybridized carbons (Fsp3) is 0.545. The highest BCUT2D eigenvalue weighted by Gasteiger charge is 2.39. The van der Waals surface area contributed by atoms with Gasteiger partial charge in [-0.1, -0.05) is 0 Å². The molecule has 0 aliphatic carbocycles. The van der Waals surface area contributed by atoms with E-state index in [2.05, 4.69) is 0 Å². The molecule has 1 atom stereocenters. The fourth-order valence-electron chi connectivity index (χ4n) is 2.17. The molecule has 1 N–H and O–H groups in total. The summed E-state index contributed by atoms with van der Waals surface area (Å²) in [6.45, 7) is 0.236. The Morgan fingerprint density at radius 1 is 1.53 bits per heavy atom. The molecule has 6 nitrogen and oxygen atoms in total. The van der Waals surface area contributed by atoms with Crippen molar-refractivity contribution < 1.29 is 23.1 Å². The van der Waals surface area contributed by atoms with E-state index < -0.39 is 22.0 Å². The fourth-order valence-corrected chi connectivity index (χ4v) is 5.21. The van der Waals surface area contributed by atoms with Crippen LogP contribution >= 0.6 is 11.3 Å². The molecule has 0 amide bonds. The first-order valence-electron chi connectivity index (χ1n) is 5.84. The van der Waals surface area contributed by atoms with Crippen LogP contribution in [0.4, 0.5) is 0 Å². The quantitative estimate of drug-likeness (QED) is 0.908. The number of nitrogens with zero attached hydrogens (tertiary/aromatic N) is 1. The smallest absolute Gasteiger partial charge is 0.322 e. The highest BCUT2D eigenvalue weighted by atomic mass is 32.2. The van der Waals surface area contributed by atoms with Crippen LogP contribution in [-0.4, -0.2) is 43.5 Å². The van der Waals surface area contributed by atoms with Gasteiger partial charge in [-0.25, -0.2) is 8.42 Å². The topological polar surface area (TPSA) is 83.9 Å². The van der Waals surface area contributed by atoms with E-state index in [0.29, 0.717) is 12.8 Å². The lowest BCUT2D eigenvalue weighted by molar-refractivity contribution is -0.142. The van der Waals surface area contributed by atoms with Crippen LogP contribution in [0.2, 0.25) is 0 Å². The van der Waals surface area contributed by atoms with Crippen molar-refractivity contribution in [2.24, 2.45) is 0 Å². The SMILES string of the molecule is COc1ccsc1S(=O)(=O)N1CCCCC1C(=O)O. The second-order valence-electron chi connectivity index (χ2n) is 4.24. The summed E-state index contributed by atoms with van der Waals surface area (Å²) in [5.41, 5.74) is 0. The molecule has 0 spiro atoms. The van der Waals surface area contributed by atoms with Gasteiger partial charge in [-0.05, 0) is 30.7 Å². The molecule has 2 heterocycles. The van der Waals surface area contributed by atoms with Gasteiger partial charge in [-0.3, -0.25) is 4.79 Å². The number of piperidine rings is 1. The zero-order chi connectivity index (χ0) is 14.0. The number of thiophene rings is 1. The van der Waals surface area contributed by atoms with Crippen molar-refractivity contribution in [3.63, 3.8) is 0 Å². The zero-order valence-electron chi connectivity index (χ0n) is 10.4. The van der Waals surface area contributed by atoms with Crippen molar-refractivity contribution in [3.05, 3.63) is 11.4 Å². The first kappa shape index (κ1) is 14.3. The molecule has 0 bridgehead atoms. The number of rotatable bonds is 4. The molecule has 1 aromatic heterocycles. The van der Waals surface area contributed by atoms with Crippen LogP contribution < -0.4 is 4.74 Å². The molecule has 106 valence electrons. The summed E-state index contributed by atoms with van der Waals surface area (Å²) in [4.78, 5) is 11.2. The van der Waals surface area contributed by atoms with Crippen molar-refractivity contribution in [1.82, 2.24) is 4.31 Å². The Labute approximate surface area is 115 Å². The number of hydrogen-bond acceptors (Lipinski definition) is 5. The minimum atomic E-state index is -3.81. The van der Waals surface area contributed by atoms with Gasteiger partial charge in [0.2, 0.25) is 0 Å². The van der Waals surface area contributed by atoms with E-state index in [9.17, 15) is 13.2 Å². The second kappa shape index (κ2) is 5.48. The Hall–Kier alpha value is -1.12. The number of aliphatic carboxylic acids is 1. The van der Waals surface area contributed by atoms with E-state index in [-0.39, 0.29) is 16.5 Å². The minimum Gasteiger partial charge on any atom is -0.494 e. The summed E-state index contributed by atoms with van der Waals surface area (Å²) >= 11 is 1.04. The molecule has 0 radical (unpaired) electrons. The van der Waals surface area contributed by atoms with Crippen LogP contribution in [-0.2, 0) is 14.8 Å². The number of methoxy groups -OCH3 is 1. The maximum absolute atomic E-state index is 12.5. The van der Waals surface area contributed by atoms with E-state index in [0.717, 1.165) is 22.1 Å². The molecule has 1 aromatic rings. The van der Waals surface area contributed by atoms with E-state index in [1.165, 1.54) is 7.11 Å². The lowest BCUT2D eigenvalue weighted by Gasteiger charge is -2.31. The molecule has 1 aliphatic heterocycles. The Morgan fingerprint density at radius 3 is 2.89 bits per heavy atom. The highest BCUT2D eigenvalue weighted by Crippen LogP contribution is 2.34. The minimum absolute atomic E-state index is 0.0724. The Balaban J connectivity index is 2.40. The van der Waals surface area contributed by atoms with E-state index in [1.807, 2.05) is 0 Å². The van der Waals surface area contributed by atoms with Gasteiger partial charge in [0.1, 0.15) is 11.8 Å². The monoisotopic (exact) mass is 305 g/mol. The zero-order valence-corrected chi connectivity index (χ0v) is 12.0. The third kappa shape index (κ3) is 2.60. The van der Waals surface area contributed by atoms with Crippen molar-refractivity contribution in [3.8, 4) is 5.75 Å². The van der Waals surface area contributed by atoms with Crippen LogP contribution in [0.1, 0.15) is 19.3 Å². The van der Waals surface area contributed by atoms with Crippen LogP contribution in [0.15, 0.2) is 15.7 Å². The molecule has 1 aliphatic rings. The largest absolute Gasteiger partial charge is 0.494 e. The van der Waals surface area contributed by atoms with E-state index in [4.69, 9.17) is 9.84 Å². The van der Waals surface area contributed by atoms with E-state index >= 15 is 0 Å². The Kier molecular flexibility index (Phi) is 4.12. The van der Waals surface area contributed by atoms with Gasteiger partial charge >= 0.3 is 5.97 Å². The normalized spacial score (nSPS) is 21.2. The number of carboxylic acids is 1. The van der Waals surface area contributed by atoms with Gasteiger partial charge in [0, 0.05) is 6.54 Å². The third-order valence-electron chi connectivity index (χ3n) is 3.10. The average Bonchev–Trinajstić information content (AvgIpc) is 2.87. The van der Waals surface area contributed by atoms with Crippen LogP contribution in [0, 0.1) is 0 Å². The lowest BCUT2D eigenvalue weighted by Crippen LogP contribution is -2.47. The maximum Gasteiger partial charge on any atom is 0.322 e. The van der Waals surface area contributed by atoms with Gasteiger partial charge < -0.3 is 9.84 Å². The molecular formula is C11H15NO5S2. The van der Waals surface area contributed by atoms with Crippen molar-refractivity contribution in [2.45, 2.75) is 29.5 Å². The number of hydrogen-bond donors (Lipinski definition) is 1. The van der Waals surface area contributed by atoms with Gasteiger partial charge in [-0.15, -0.1) is 11.3 Å². The maximum atomic E-state index is 12.5. The molecule has 2 rings (SSSR count). The molecule has 0 aromatic carbocycles. The molecule has 1 fully saturated rings. The molecule has 1 unspecified atom stereocenters. The molecular weight excluding hydrogens is 290 g/mol. The van der Waals surface area contributed by atoms with Crippen molar-refractivity contribution in [2.75, 3.05) is 13.7 Å². The summed E-state index contributed by atoms with van der Waals surface area (Å²) in [6.07, 6.45) is 1.75. The summed E-state index contributed by atoms with van der Waals surface area (Å²) in [5, 5.41) is 10.8. The Morgan fingerprint density at radius 2 is 2.26 bits per heavy atom. The van der Waals surface area contributed by atoms with Crippen LogP contribution in [0.3, 0.4) is 0 Å². The van der Waals surface area contributed by atoms with Gasteiger partial charge in [0.15, 0.2) is 4.21 Å².